The number of carbonyl (C=O) groups is 2. The van der Waals surface area contributed by atoms with Crippen LogP contribution < -0.4 is 5.32 Å². The van der Waals surface area contributed by atoms with Gasteiger partial charge in [0, 0.05) is 4.47 Å². The number of aliphatic carboxylic acids is 1. The number of terminal acetylenes is 1. The van der Waals surface area contributed by atoms with Crippen LogP contribution in [0.2, 0.25) is 0 Å². The van der Waals surface area contributed by atoms with E-state index in [9.17, 15) is 9.59 Å². The predicted octanol–water partition coefficient (Wildman–Crippen LogP) is 2.31. The molecule has 1 rings (SSSR count). The average Bonchev–Trinajstić information content (AvgIpc) is 2.32. The van der Waals surface area contributed by atoms with Gasteiger partial charge in [-0.1, -0.05) is 12.0 Å². The minimum absolute atomic E-state index is 0.0679. The summed E-state index contributed by atoms with van der Waals surface area (Å²) < 4.78 is 0.711. The smallest absolute Gasteiger partial charge is 0.323 e. The molecule has 0 bridgehead atoms. The zero-order valence-corrected chi connectivity index (χ0v) is 11.9. The molecule has 0 atom stereocenters. The van der Waals surface area contributed by atoms with Crippen molar-refractivity contribution in [3.63, 3.8) is 0 Å². The van der Waals surface area contributed by atoms with Crippen molar-refractivity contribution in [3.05, 3.63) is 28.2 Å². The van der Waals surface area contributed by atoms with Crippen LogP contribution in [0.5, 0.6) is 0 Å². The molecule has 0 aliphatic heterocycles. The lowest BCUT2D eigenvalue weighted by atomic mass is 10.2. The summed E-state index contributed by atoms with van der Waals surface area (Å²) in [7, 11) is 0. The summed E-state index contributed by atoms with van der Waals surface area (Å²) in [6.07, 6.45) is 5.12. The number of nitrogens with one attached hydrogen (secondary N) is 1. The lowest BCUT2D eigenvalue weighted by molar-refractivity contribution is -0.137. The predicted molar refractivity (Wildman–Crippen MR) is 75.9 cm³/mol. The Hall–Kier alpha value is -2.00. The highest BCUT2D eigenvalue weighted by molar-refractivity contribution is 9.10. The fraction of sp³-hybridized carbons (Fsp3) is 0.231. The molecule has 2 amide bonds. The van der Waals surface area contributed by atoms with E-state index in [0.717, 1.165) is 10.5 Å². The summed E-state index contributed by atoms with van der Waals surface area (Å²) >= 11 is 3.31. The summed E-state index contributed by atoms with van der Waals surface area (Å²) in [5, 5.41) is 11.3. The number of benzene rings is 1. The fourth-order valence-electron chi connectivity index (χ4n) is 1.40. The third-order valence-corrected chi connectivity index (χ3v) is 2.95. The molecule has 6 heteroatoms. The number of halogens is 1. The Bertz CT molecular complexity index is 537. The number of hydrogen-bond acceptors (Lipinski definition) is 2. The van der Waals surface area contributed by atoms with Gasteiger partial charge in [-0.2, -0.15) is 0 Å². The molecule has 0 fully saturated rings. The number of carboxylic acids is 1. The van der Waals surface area contributed by atoms with Gasteiger partial charge < -0.3 is 15.3 Å². The first-order valence-corrected chi connectivity index (χ1v) is 6.20. The molecule has 0 aliphatic rings. The van der Waals surface area contributed by atoms with E-state index in [1.54, 1.807) is 12.1 Å². The number of hydrogen-bond donors (Lipinski definition) is 2. The largest absolute Gasteiger partial charge is 0.480 e. The number of carboxylic acid groups (broad SMARTS) is 1. The van der Waals surface area contributed by atoms with Crippen LogP contribution in [-0.2, 0) is 4.79 Å². The molecular weight excluding hydrogens is 312 g/mol. The van der Waals surface area contributed by atoms with Crippen LogP contribution in [0.25, 0.3) is 0 Å². The van der Waals surface area contributed by atoms with Gasteiger partial charge in [0.25, 0.3) is 0 Å². The van der Waals surface area contributed by atoms with Gasteiger partial charge in [0.15, 0.2) is 0 Å². The normalized spacial score (nSPS) is 9.53. The number of rotatable bonds is 4. The summed E-state index contributed by atoms with van der Waals surface area (Å²) in [5.74, 6) is 1.14. The van der Waals surface area contributed by atoms with Crippen molar-refractivity contribution < 1.29 is 14.7 Å². The molecule has 0 spiro atoms. The minimum atomic E-state index is -1.12. The highest BCUT2D eigenvalue weighted by Gasteiger charge is 2.16. The maximum Gasteiger partial charge on any atom is 0.323 e. The van der Waals surface area contributed by atoms with Crippen molar-refractivity contribution in [2.75, 3.05) is 18.4 Å². The quantitative estimate of drug-likeness (QED) is 0.835. The number of nitrogens with zero attached hydrogens (tertiary/aromatic N) is 1. The third-order valence-electron chi connectivity index (χ3n) is 2.26. The molecule has 5 nitrogen and oxygen atoms in total. The van der Waals surface area contributed by atoms with Crippen LogP contribution in [0.1, 0.15) is 5.56 Å². The first kappa shape index (κ1) is 15.1. The summed E-state index contributed by atoms with van der Waals surface area (Å²) in [6.45, 7) is 1.37. The van der Waals surface area contributed by atoms with Gasteiger partial charge in [-0.05, 0) is 40.5 Å². The van der Waals surface area contributed by atoms with Crippen molar-refractivity contribution in [2.24, 2.45) is 0 Å². The number of aryl methyl sites for hydroxylation is 1. The van der Waals surface area contributed by atoms with E-state index in [4.69, 9.17) is 11.5 Å². The van der Waals surface area contributed by atoms with E-state index in [1.165, 1.54) is 0 Å². The molecule has 1 aromatic carbocycles. The second-order valence-corrected chi connectivity index (χ2v) is 4.72. The van der Waals surface area contributed by atoms with Crippen LogP contribution in [0.15, 0.2) is 22.7 Å². The standard InChI is InChI=1S/C13H13BrN2O3/c1-3-6-16(8-12(17)18)13(19)15-11-7-9(2)4-5-10(11)14/h1,4-5,7H,6,8H2,2H3,(H,15,19)(H,17,18). The van der Waals surface area contributed by atoms with Gasteiger partial charge >= 0.3 is 12.0 Å². The summed E-state index contributed by atoms with van der Waals surface area (Å²) in [5.41, 5.74) is 1.54. The Morgan fingerprint density at radius 3 is 2.79 bits per heavy atom. The van der Waals surface area contributed by atoms with Crippen molar-refractivity contribution in [3.8, 4) is 12.3 Å². The van der Waals surface area contributed by atoms with Crippen LogP contribution in [0.4, 0.5) is 10.5 Å². The Morgan fingerprint density at radius 2 is 2.21 bits per heavy atom. The van der Waals surface area contributed by atoms with Gasteiger partial charge in [0.1, 0.15) is 6.54 Å². The third kappa shape index (κ3) is 4.64. The zero-order valence-electron chi connectivity index (χ0n) is 10.3. The number of carbonyl (C=O) groups excluding carboxylic acids is 1. The lowest BCUT2D eigenvalue weighted by Gasteiger charge is -2.19. The Labute approximate surface area is 119 Å². The Morgan fingerprint density at radius 1 is 1.53 bits per heavy atom. The van der Waals surface area contributed by atoms with Crippen molar-refractivity contribution in [1.82, 2.24) is 4.90 Å². The molecule has 0 unspecified atom stereocenters. The van der Waals surface area contributed by atoms with Crippen molar-refractivity contribution >= 4 is 33.6 Å². The monoisotopic (exact) mass is 324 g/mol. The number of urea groups is 1. The molecule has 1 aromatic rings. The van der Waals surface area contributed by atoms with E-state index in [-0.39, 0.29) is 6.54 Å². The fourth-order valence-corrected chi connectivity index (χ4v) is 1.75. The Kier molecular flexibility index (Phi) is 5.39. The Balaban J connectivity index is 2.84. The van der Waals surface area contributed by atoms with Crippen LogP contribution >= 0.6 is 15.9 Å². The SMILES string of the molecule is C#CCN(CC(=O)O)C(=O)Nc1cc(C)ccc1Br. The molecule has 0 saturated heterocycles. The summed E-state index contributed by atoms with van der Waals surface area (Å²) in [6, 6.07) is 4.91. The van der Waals surface area contributed by atoms with Gasteiger partial charge in [-0.3, -0.25) is 4.79 Å². The zero-order chi connectivity index (χ0) is 14.4. The first-order valence-electron chi connectivity index (χ1n) is 5.41. The molecule has 0 saturated carbocycles. The second kappa shape index (κ2) is 6.81. The van der Waals surface area contributed by atoms with Crippen molar-refractivity contribution in [2.45, 2.75) is 6.92 Å². The first-order chi connectivity index (χ1) is 8.93. The van der Waals surface area contributed by atoms with Crippen LogP contribution in [-0.4, -0.2) is 35.1 Å². The molecule has 0 heterocycles. The average molecular weight is 325 g/mol. The molecule has 2 N–H and O–H groups in total. The van der Waals surface area contributed by atoms with Gasteiger partial charge in [-0.25, -0.2) is 4.79 Å². The van der Waals surface area contributed by atoms with E-state index in [0.29, 0.717) is 10.2 Å². The van der Waals surface area contributed by atoms with E-state index in [1.807, 2.05) is 13.0 Å². The molecule has 0 radical (unpaired) electrons. The highest BCUT2D eigenvalue weighted by atomic mass is 79.9. The van der Waals surface area contributed by atoms with Crippen LogP contribution in [0.3, 0.4) is 0 Å². The molecule has 0 aromatic heterocycles. The van der Waals surface area contributed by atoms with Gasteiger partial charge in [0.2, 0.25) is 0 Å². The highest BCUT2D eigenvalue weighted by Crippen LogP contribution is 2.23. The summed E-state index contributed by atoms with van der Waals surface area (Å²) in [4.78, 5) is 23.6. The molecular formula is C13H13BrN2O3. The topological polar surface area (TPSA) is 69.6 Å². The minimum Gasteiger partial charge on any atom is -0.480 e. The second-order valence-electron chi connectivity index (χ2n) is 3.87. The van der Waals surface area contributed by atoms with Crippen molar-refractivity contribution in [1.29, 1.82) is 0 Å². The van der Waals surface area contributed by atoms with E-state index >= 15 is 0 Å². The van der Waals surface area contributed by atoms with E-state index < -0.39 is 18.5 Å². The maximum atomic E-state index is 11.9. The van der Waals surface area contributed by atoms with Gasteiger partial charge in [-0.15, -0.1) is 6.42 Å². The lowest BCUT2D eigenvalue weighted by Crippen LogP contribution is -2.39. The molecule has 0 aliphatic carbocycles. The van der Waals surface area contributed by atoms with E-state index in [2.05, 4.69) is 27.2 Å². The molecule has 19 heavy (non-hydrogen) atoms. The maximum absolute atomic E-state index is 11.9. The molecule has 100 valence electrons. The van der Waals surface area contributed by atoms with Gasteiger partial charge in [0.05, 0.1) is 12.2 Å². The number of anilines is 1. The van der Waals surface area contributed by atoms with Crippen LogP contribution in [0, 0.1) is 19.3 Å². The number of amides is 2.